The van der Waals surface area contributed by atoms with Gasteiger partial charge in [-0.3, -0.25) is 4.90 Å². The highest BCUT2D eigenvalue weighted by atomic mass is 79.9. The summed E-state index contributed by atoms with van der Waals surface area (Å²) in [5.41, 5.74) is 3.22. The van der Waals surface area contributed by atoms with Gasteiger partial charge in [0.15, 0.2) is 0 Å². The van der Waals surface area contributed by atoms with Crippen LogP contribution in [0.3, 0.4) is 0 Å². The fourth-order valence-electron chi connectivity index (χ4n) is 4.08. The van der Waals surface area contributed by atoms with Crippen molar-refractivity contribution in [2.75, 3.05) is 26.2 Å². The van der Waals surface area contributed by atoms with Crippen molar-refractivity contribution in [3.8, 4) is 0 Å². The summed E-state index contributed by atoms with van der Waals surface area (Å²) in [6.07, 6.45) is 0. The second-order valence-electron chi connectivity index (χ2n) is 7.57. The third-order valence-electron chi connectivity index (χ3n) is 5.64. The molecule has 156 valence electrons. The maximum atomic E-state index is 13.3. The minimum absolute atomic E-state index is 0.116. The zero-order chi connectivity index (χ0) is 21.1. The van der Waals surface area contributed by atoms with E-state index in [2.05, 4.69) is 69.4 Å². The Morgan fingerprint density at radius 1 is 0.800 bits per heavy atom. The smallest absolute Gasteiger partial charge is 0.243 e. The van der Waals surface area contributed by atoms with Gasteiger partial charge in [0, 0.05) is 30.7 Å². The molecule has 4 nitrogen and oxygen atoms in total. The average molecular weight is 485 g/mol. The van der Waals surface area contributed by atoms with Gasteiger partial charge >= 0.3 is 0 Å². The van der Waals surface area contributed by atoms with Crippen LogP contribution in [-0.2, 0) is 10.0 Å². The largest absolute Gasteiger partial charge is 0.290 e. The summed E-state index contributed by atoms with van der Waals surface area (Å²) in [4.78, 5) is 2.76. The van der Waals surface area contributed by atoms with Crippen LogP contribution in [0.15, 0.2) is 88.2 Å². The summed E-state index contributed by atoms with van der Waals surface area (Å²) >= 11 is 3.40. The monoisotopic (exact) mass is 484 g/mol. The van der Waals surface area contributed by atoms with Gasteiger partial charge in [-0.15, -0.1) is 0 Å². The minimum Gasteiger partial charge on any atom is -0.290 e. The van der Waals surface area contributed by atoms with Crippen molar-refractivity contribution in [3.63, 3.8) is 0 Å². The molecule has 0 aliphatic carbocycles. The van der Waals surface area contributed by atoms with Gasteiger partial charge in [0.25, 0.3) is 0 Å². The molecule has 1 aliphatic heterocycles. The van der Waals surface area contributed by atoms with Crippen molar-refractivity contribution < 1.29 is 8.42 Å². The van der Waals surface area contributed by atoms with Gasteiger partial charge in [-0.1, -0.05) is 82.7 Å². The average Bonchev–Trinajstić information content (AvgIpc) is 2.77. The molecule has 1 heterocycles. The van der Waals surface area contributed by atoms with E-state index in [0.717, 1.165) is 10.0 Å². The molecule has 0 saturated carbocycles. The summed E-state index contributed by atoms with van der Waals surface area (Å²) in [5.74, 6) is 0. The van der Waals surface area contributed by atoms with Crippen LogP contribution in [0.2, 0.25) is 0 Å². The van der Waals surface area contributed by atoms with Gasteiger partial charge < -0.3 is 0 Å². The molecule has 3 aromatic carbocycles. The van der Waals surface area contributed by atoms with Crippen LogP contribution in [-0.4, -0.2) is 43.8 Å². The zero-order valence-electron chi connectivity index (χ0n) is 16.9. The molecule has 0 N–H and O–H groups in total. The van der Waals surface area contributed by atoms with Gasteiger partial charge in [-0.25, -0.2) is 8.42 Å². The molecule has 1 saturated heterocycles. The third kappa shape index (κ3) is 4.37. The van der Waals surface area contributed by atoms with Crippen molar-refractivity contribution in [2.24, 2.45) is 0 Å². The minimum atomic E-state index is -3.52. The fraction of sp³-hybridized carbons (Fsp3) is 0.250. The van der Waals surface area contributed by atoms with Gasteiger partial charge in [-0.2, -0.15) is 4.31 Å². The first-order valence-corrected chi connectivity index (χ1v) is 12.3. The first-order chi connectivity index (χ1) is 14.5. The molecule has 0 radical (unpaired) electrons. The number of aryl methyl sites for hydroxylation is 1. The predicted octanol–water partition coefficient (Wildman–Crippen LogP) is 4.85. The molecular formula is C24H25BrN2O2S. The topological polar surface area (TPSA) is 40.6 Å². The maximum absolute atomic E-state index is 13.3. The summed E-state index contributed by atoms with van der Waals surface area (Å²) in [5, 5.41) is 0. The highest BCUT2D eigenvalue weighted by molar-refractivity contribution is 9.10. The molecule has 1 fully saturated rings. The van der Waals surface area contributed by atoms with E-state index in [1.807, 2.05) is 31.2 Å². The van der Waals surface area contributed by atoms with Crippen LogP contribution >= 0.6 is 15.9 Å². The van der Waals surface area contributed by atoms with Crippen molar-refractivity contribution in [3.05, 3.63) is 100 Å². The van der Waals surface area contributed by atoms with Gasteiger partial charge in [0.1, 0.15) is 0 Å². The van der Waals surface area contributed by atoms with Crippen LogP contribution in [0.4, 0.5) is 0 Å². The van der Waals surface area contributed by atoms with Gasteiger partial charge in [0.2, 0.25) is 10.0 Å². The maximum Gasteiger partial charge on any atom is 0.243 e. The van der Waals surface area contributed by atoms with E-state index in [-0.39, 0.29) is 6.04 Å². The van der Waals surface area contributed by atoms with E-state index < -0.39 is 10.0 Å². The number of halogens is 1. The quantitative estimate of drug-likeness (QED) is 0.519. The molecule has 3 aromatic rings. The van der Waals surface area contributed by atoms with E-state index in [9.17, 15) is 8.42 Å². The summed E-state index contributed by atoms with van der Waals surface area (Å²) in [6.45, 7) is 4.16. The standard InChI is InChI=1S/C24H25BrN2O2S/c1-19-12-13-22(25)18-23(19)30(28,29)27-16-14-26(15-17-27)24(20-8-4-2-5-9-20)21-10-6-3-7-11-21/h2-13,18,24H,14-17H2,1H3. The summed E-state index contributed by atoms with van der Waals surface area (Å²) < 4.78 is 28.9. The molecule has 0 amide bonds. The summed E-state index contributed by atoms with van der Waals surface area (Å²) in [6, 6.07) is 26.4. The Morgan fingerprint density at radius 3 is 1.87 bits per heavy atom. The second kappa shape index (κ2) is 9.02. The summed E-state index contributed by atoms with van der Waals surface area (Å²) in [7, 11) is -3.52. The lowest BCUT2D eigenvalue weighted by molar-refractivity contribution is 0.156. The number of hydrogen-bond donors (Lipinski definition) is 0. The van der Waals surface area contributed by atoms with E-state index >= 15 is 0 Å². The van der Waals surface area contributed by atoms with E-state index in [1.54, 1.807) is 10.4 Å². The molecule has 0 spiro atoms. The Kier molecular flexibility index (Phi) is 6.39. The molecule has 30 heavy (non-hydrogen) atoms. The SMILES string of the molecule is Cc1ccc(Br)cc1S(=O)(=O)N1CCN(C(c2ccccc2)c2ccccc2)CC1. The van der Waals surface area contributed by atoms with Crippen molar-refractivity contribution in [1.29, 1.82) is 0 Å². The Morgan fingerprint density at radius 2 is 1.33 bits per heavy atom. The predicted molar refractivity (Wildman–Crippen MR) is 124 cm³/mol. The normalized spacial score (nSPS) is 16.1. The first-order valence-electron chi connectivity index (χ1n) is 10.1. The Hall–Kier alpha value is -1.99. The molecule has 0 bridgehead atoms. The van der Waals surface area contributed by atoms with E-state index in [4.69, 9.17) is 0 Å². The molecule has 0 unspecified atom stereocenters. The van der Waals surface area contributed by atoms with Crippen LogP contribution in [0.25, 0.3) is 0 Å². The lowest BCUT2D eigenvalue weighted by atomic mass is 9.96. The number of nitrogens with zero attached hydrogens (tertiary/aromatic N) is 2. The first kappa shape index (κ1) is 21.2. The molecule has 4 rings (SSSR count). The number of benzene rings is 3. The molecule has 6 heteroatoms. The second-order valence-corrected chi connectivity index (χ2v) is 10.4. The van der Waals surface area contributed by atoms with Crippen LogP contribution in [0, 0.1) is 6.92 Å². The van der Waals surface area contributed by atoms with Crippen molar-refractivity contribution in [1.82, 2.24) is 9.21 Å². The highest BCUT2D eigenvalue weighted by Gasteiger charge is 2.32. The molecule has 1 aliphatic rings. The van der Waals surface area contributed by atoms with Crippen molar-refractivity contribution in [2.45, 2.75) is 17.9 Å². The Balaban J connectivity index is 1.57. The number of hydrogen-bond acceptors (Lipinski definition) is 3. The lowest BCUT2D eigenvalue weighted by Gasteiger charge is -2.39. The Labute approximate surface area is 187 Å². The molecule has 0 atom stereocenters. The third-order valence-corrected chi connectivity index (χ3v) is 8.17. The number of sulfonamides is 1. The van der Waals surface area contributed by atoms with Crippen LogP contribution < -0.4 is 0 Å². The number of rotatable bonds is 5. The van der Waals surface area contributed by atoms with E-state index in [0.29, 0.717) is 31.1 Å². The zero-order valence-corrected chi connectivity index (χ0v) is 19.3. The lowest BCUT2D eigenvalue weighted by Crippen LogP contribution is -2.49. The van der Waals surface area contributed by atoms with Crippen LogP contribution in [0.5, 0.6) is 0 Å². The highest BCUT2D eigenvalue weighted by Crippen LogP contribution is 2.31. The molecular weight excluding hydrogens is 460 g/mol. The molecule has 0 aromatic heterocycles. The van der Waals surface area contributed by atoms with Crippen LogP contribution in [0.1, 0.15) is 22.7 Å². The Bertz CT molecular complexity index is 1060. The van der Waals surface area contributed by atoms with Gasteiger partial charge in [-0.05, 0) is 35.7 Å². The fourth-order valence-corrected chi connectivity index (χ4v) is 6.26. The number of piperazine rings is 1. The van der Waals surface area contributed by atoms with E-state index in [1.165, 1.54) is 11.1 Å². The van der Waals surface area contributed by atoms with Gasteiger partial charge in [0.05, 0.1) is 10.9 Å². The van der Waals surface area contributed by atoms with Crippen molar-refractivity contribution >= 4 is 26.0 Å².